The average Bonchev–Trinajstić information content (AvgIpc) is 3.63. The quantitative estimate of drug-likeness (QED) is 0.0668. The Morgan fingerprint density at radius 3 is 2.62 bits per heavy atom. The van der Waals surface area contributed by atoms with Crippen LogP contribution in [0.5, 0.6) is 5.75 Å². The van der Waals surface area contributed by atoms with E-state index in [-0.39, 0.29) is 71.2 Å². The number of anilines is 2. The van der Waals surface area contributed by atoms with Crippen molar-refractivity contribution >= 4 is 47.0 Å². The Morgan fingerprint density at radius 2 is 1.91 bits per heavy atom. The SMILES string of the molecule is NCCCNC(=O)CNCCNC(=O)c1ccc(Nc2nccn3c(-c4cn(CC(F)F)nc4C(F)(F)F)cnc23)c(OC=O)c1Cl. The smallest absolute Gasteiger partial charge is 0.425 e. The van der Waals surface area contributed by atoms with Gasteiger partial charge >= 0.3 is 6.18 Å². The minimum Gasteiger partial charge on any atom is -0.425 e. The highest BCUT2D eigenvalue weighted by Crippen LogP contribution is 2.39. The number of rotatable bonds is 16. The lowest BCUT2D eigenvalue weighted by molar-refractivity contribution is -0.141. The number of nitrogens with one attached hydrogen (secondary N) is 4. The third-order valence-corrected chi connectivity index (χ3v) is 6.77. The van der Waals surface area contributed by atoms with Crippen LogP contribution >= 0.6 is 11.6 Å². The Balaban J connectivity index is 1.53. The molecule has 0 aliphatic heterocycles. The summed E-state index contributed by atoms with van der Waals surface area (Å²) in [5.41, 5.74) is 3.39. The molecule has 0 saturated heterocycles. The molecule has 2 amide bonds. The lowest BCUT2D eigenvalue weighted by Crippen LogP contribution is -2.38. The molecule has 4 aromatic rings. The van der Waals surface area contributed by atoms with E-state index >= 15 is 0 Å². The molecule has 3 aromatic heterocycles. The van der Waals surface area contributed by atoms with Gasteiger partial charge in [0.25, 0.3) is 18.8 Å². The summed E-state index contributed by atoms with van der Waals surface area (Å²) < 4.78 is 73.8. The van der Waals surface area contributed by atoms with Crippen LogP contribution in [0.2, 0.25) is 5.02 Å². The zero-order valence-electron chi connectivity index (χ0n) is 24.3. The minimum absolute atomic E-state index is 0.00721. The number of amides is 2. The van der Waals surface area contributed by atoms with Gasteiger partial charge in [-0.15, -0.1) is 0 Å². The van der Waals surface area contributed by atoms with Gasteiger partial charge in [0, 0.05) is 38.2 Å². The van der Waals surface area contributed by atoms with Gasteiger partial charge in [0.1, 0.15) is 6.54 Å². The highest BCUT2D eigenvalue weighted by Gasteiger charge is 2.38. The molecule has 0 spiro atoms. The van der Waals surface area contributed by atoms with Crippen LogP contribution in [0.4, 0.5) is 33.5 Å². The summed E-state index contributed by atoms with van der Waals surface area (Å²) in [4.78, 5) is 44.1. The molecule has 47 heavy (non-hydrogen) atoms. The number of benzene rings is 1. The van der Waals surface area contributed by atoms with Crippen LogP contribution in [0.25, 0.3) is 16.9 Å². The second-order valence-electron chi connectivity index (χ2n) is 9.68. The average molecular weight is 687 g/mol. The first kappa shape index (κ1) is 35.0. The van der Waals surface area contributed by atoms with E-state index in [1.54, 1.807) is 0 Å². The number of carbonyl (C=O) groups excluding carboxylic acids is 3. The lowest BCUT2D eigenvalue weighted by Gasteiger charge is -2.15. The van der Waals surface area contributed by atoms with Crippen LogP contribution in [-0.4, -0.2) is 81.6 Å². The number of carbonyl (C=O) groups is 3. The van der Waals surface area contributed by atoms with E-state index in [0.29, 0.717) is 24.2 Å². The van der Waals surface area contributed by atoms with E-state index < -0.39 is 36.3 Å². The number of aromatic nitrogens is 5. The van der Waals surface area contributed by atoms with Crippen LogP contribution in [0.1, 0.15) is 22.5 Å². The topological polar surface area (TPSA) is 183 Å². The van der Waals surface area contributed by atoms with E-state index in [1.807, 2.05) is 0 Å². The Hall–Kier alpha value is -4.88. The number of fused-ring (bicyclic) bond motifs is 1. The fourth-order valence-electron chi connectivity index (χ4n) is 4.33. The van der Waals surface area contributed by atoms with Gasteiger partial charge in [0.15, 0.2) is 22.9 Å². The molecule has 0 aliphatic rings. The van der Waals surface area contributed by atoms with E-state index in [0.717, 1.165) is 12.4 Å². The molecule has 20 heteroatoms. The monoisotopic (exact) mass is 686 g/mol. The maximum absolute atomic E-state index is 13.8. The number of nitrogens with two attached hydrogens (primary N) is 1. The minimum atomic E-state index is -4.95. The van der Waals surface area contributed by atoms with Gasteiger partial charge < -0.3 is 31.7 Å². The molecule has 0 atom stereocenters. The van der Waals surface area contributed by atoms with Gasteiger partial charge in [0.05, 0.1) is 40.3 Å². The number of ether oxygens (including phenoxy) is 1. The van der Waals surface area contributed by atoms with Crippen LogP contribution < -0.4 is 31.7 Å². The van der Waals surface area contributed by atoms with Crippen LogP contribution in [0, 0.1) is 0 Å². The third kappa shape index (κ3) is 8.69. The standard InChI is InChI=1S/C27H28ClF5N10O4/c28-21-15(26(46)38-7-6-35-11-20(45)36-5-1-4-34)2-3-17(22(21)47-14-44)40-24-25-39-10-18(43(25)9-8-37-24)16-12-42(13-19(29)30)41-23(16)27(31,32)33/h2-3,8-10,12,14,19,35H,1,4-7,11,13,34H2,(H,36,45)(H,37,40)(H,38,46). The number of nitrogens with zero attached hydrogens (tertiary/aromatic N) is 5. The summed E-state index contributed by atoms with van der Waals surface area (Å²) >= 11 is 6.42. The third-order valence-electron chi connectivity index (χ3n) is 6.40. The van der Waals surface area contributed by atoms with Crippen LogP contribution in [-0.2, 0) is 22.3 Å². The molecular weight excluding hydrogens is 659 g/mol. The van der Waals surface area contributed by atoms with Gasteiger partial charge in [-0.05, 0) is 25.1 Å². The maximum atomic E-state index is 13.8. The number of hydrogen-bond acceptors (Lipinski definition) is 10. The van der Waals surface area contributed by atoms with Crippen LogP contribution in [0.3, 0.4) is 0 Å². The normalized spacial score (nSPS) is 11.6. The molecule has 14 nitrogen and oxygen atoms in total. The lowest BCUT2D eigenvalue weighted by atomic mass is 10.1. The van der Waals surface area contributed by atoms with E-state index in [9.17, 15) is 36.3 Å². The van der Waals surface area contributed by atoms with E-state index in [2.05, 4.69) is 36.3 Å². The summed E-state index contributed by atoms with van der Waals surface area (Å²) in [6, 6.07) is 2.69. The first-order valence-electron chi connectivity index (χ1n) is 13.8. The molecule has 3 heterocycles. The van der Waals surface area contributed by atoms with Crippen molar-refractivity contribution in [2.75, 3.05) is 38.0 Å². The summed E-state index contributed by atoms with van der Waals surface area (Å²) in [6.45, 7) is 0.350. The molecule has 6 N–H and O–H groups in total. The number of imidazole rings is 1. The van der Waals surface area contributed by atoms with Crippen molar-refractivity contribution in [1.29, 1.82) is 0 Å². The molecule has 0 unspecified atom stereocenters. The molecule has 0 bridgehead atoms. The van der Waals surface area contributed by atoms with Crippen molar-refractivity contribution in [2.45, 2.75) is 25.6 Å². The second kappa shape index (κ2) is 15.6. The zero-order valence-corrected chi connectivity index (χ0v) is 25.0. The second-order valence-corrected chi connectivity index (χ2v) is 10.1. The highest BCUT2D eigenvalue weighted by atomic mass is 35.5. The number of hydrogen-bond donors (Lipinski definition) is 5. The molecule has 0 aliphatic carbocycles. The summed E-state index contributed by atoms with van der Waals surface area (Å²) in [6.07, 6.45) is -2.76. The van der Waals surface area contributed by atoms with E-state index in [1.165, 1.54) is 28.9 Å². The van der Waals surface area contributed by atoms with Gasteiger partial charge in [0.2, 0.25) is 5.91 Å². The Labute approximate surface area is 267 Å². The van der Waals surface area contributed by atoms with Crippen molar-refractivity contribution in [3.8, 4) is 17.0 Å². The maximum Gasteiger partial charge on any atom is 0.435 e. The van der Waals surface area contributed by atoms with Crippen molar-refractivity contribution < 1.29 is 41.1 Å². The Bertz CT molecular complexity index is 1730. The largest absolute Gasteiger partial charge is 0.435 e. The number of alkyl halides is 5. The van der Waals surface area contributed by atoms with Crippen molar-refractivity contribution in [3.05, 3.63) is 53.2 Å². The zero-order chi connectivity index (χ0) is 34.1. The summed E-state index contributed by atoms with van der Waals surface area (Å²) in [5.74, 6) is -1.12. The molecule has 4 rings (SSSR count). The molecule has 0 saturated carbocycles. The molecule has 252 valence electrons. The van der Waals surface area contributed by atoms with E-state index in [4.69, 9.17) is 22.1 Å². The summed E-state index contributed by atoms with van der Waals surface area (Å²) in [7, 11) is 0. The van der Waals surface area contributed by atoms with Crippen LogP contribution in [0.15, 0.2) is 36.9 Å². The number of halogens is 6. The first-order valence-corrected chi connectivity index (χ1v) is 14.2. The fraction of sp³-hybridized carbons (Fsp3) is 0.333. The van der Waals surface area contributed by atoms with Gasteiger partial charge in [-0.25, -0.2) is 18.7 Å². The summed E-state index contributed by atoms with van der Waals surface area (Å²) in [5, 5.41) is 14.1. The molecular formula is C27H28ClF5N10O4. The van der Waals surface area contributed by atoms with Gasteiger partial charge in [-0.2, -0.15) is 18.3 Å². The highest BCUT2D eigenvalue weighted by molar-refractivity contribution is 6.36. The Morgan fingerprint density at radius 1 is 1.13 bits per heavy atom. The van der Waals surface area contributed by atoms with Crippen molar-refractivity contribution in [1.82, 2.24) is 40.1 Å². The molecule has 1 aromatic carbocycles. The predicted molar refractivity (Wildman–Crippen MR) is 159 cm³/mol. The van der Waals surface area contributed by atoms with Gasteiger partial charge in [-0.1, -0.05) is 11.6 Å². The molecule has 0 fully saturated rings. The Kier molecular flexibility index (Phi) is 11.6. The molecule has 0 radical (unpaired) electrons. The first-order chi connectivity index (χ1) is 22.4. The van der Waals surface area contributed by atoms with Crippen molar-refractivity contribution in [3.63, 3.8) is 0 Å². The fourth-order valence-corrected chi connectivity index (χ4v) is 4.63. The predicted octanol–water partition coefficient (Wildman–Crippen LogP) is 2.59. The van der Waals surface area contributed by atoms with Gasteiger partial charge in [-0.3, -0.25) is 23.5 Å². The van der Waals surface area contributed by atoms with Crippen molar-refractivity contribution in [2.24, 2.45) is 5.73 Å².